The van der Waals surface area contributed by atoms with Crippen LogP contribution in [-0.4, -0.2) is 11.0 Å². The summed E-state index contributed by atoms with van der Waals surface area (Å²) in [7, 11) is 0. The highest BCUT2D eigenvalue weighted by molar-refractivity contribution is 5.64. The van der Waals surface area contributed by atoms with E-state index in [1.54, 1.807) is 12.3 Å². The van der Waals surface area contributed by atoms with Crippen LogP contribution in [0.25, 0.3) is 11.1 Å². The molecule has 3 nitrogen and oxygen atoms in total. The van der Waals surface area contributed by atoms with Crippen molar-refractivity contribution in [1.82, 2.24) is 15.6 Å². The highest BCUT2D eigenvalue weighted by Gasteiger charge is 2.22. The number of pyridine rings is 1. The van der Waals surface area contributed by atoms with Gasteiger partial charge in [-0.3, -0.25) is 4.98 Å². The van der Waals surface area contributed by atoms with E-state index in [-0.39, 0.29) is 11.9 Å². The van der Waals surface area contributed by atoms with Crippen LogP contribution in [0.3, 0.4) is 0 Å². The zero-order chi connectivity index (χ0) is 18.8. The van der Waals surface area contributed by atoms with E-state index in [0.29, 0.717) is 11.6 Å². The quantitative estimate of drug-likeness (QED) is 0.716. The fourth-order valence-corrected chi connectivity index (χ4v) is 3.74. The highest BCUT2D eigenvalue weighted by Crippen LogP contribution is 2.33. The molecule has 2 aliphatic rings. The minimum atomic E-state index is -0.172. The molecule has 1 aromatic heterocycles. The SMILES string of the molecule is CCC1CC(NC(C)c2ccc(-c3ccnc(CC4CC4)c3)c(F)c2)=CN1. The lowest BCUT2D eigenvalue weighted by Crippen LogP contribution is -2.20. The third kappa shape index (κ3) is 4.32. The molecule has 1 fully saturated rings. The van der Waals surface area contributed by atoms with Gasteiger partial charge in [-0.15, -0.1) is 0 Å². The first-order chi connectivity index (χ1) is 13.1. The first kappa shape index (κ1) is 18.0. The number of benzene rings is 1. The zero-order valence-electron chi connectivity index (χ0n) is 16.1. The molecule has 1 saturated carbocycles. The van der Waals surface area contributed by atoms with E-state index in [4.69, 9.17) is 0 Å². The Morgan fingerprint density at radius 1 is 1.26 bits per heavy atom. The Morgan fingerprint density at radius 2 is 2.11 bits per heavy atom. The molecule has 0 radical (unpaired) electrons. The minimum absolute atomic E-state index is 0.0695. The topological polar surface area (TPSA) is 37.0 Å². The van der Waals surface area contributed by atoms with Crippen LogP contribution in [0.4, 0.5) is 4.39 Å². The summed E-state index contributed by atoms with van der Waals surface area (Å²) < 4.78 is 14.9. The van der Waals surface area contributed by atoms with Gasteiger partial charge in [0, 0.05) is 47.9 Å². The third-order valence-corrected chi connectivity index (χ3v) is 5.67. The number of rotatable bonds is 7. The lowest BCUT2D eigenvalue weighted by Gasteiger charge is -2.18. The van der Waals surface area contributed by atoms with Gasteiger partial charge in [0.25, 0.3) is 0 Å². The predicted octanol–water partition coefficient (Wildman–Crippen LogP) is 5.10. The number of nitrogens with one attached hydrogen (secondary N) is 2. The van der Waals surface area contributed by atoms with E-state index < -0.39 is 0 Å². The fourth-order valence-electron chi connectivity index (χ4n) is 3.74. The normalized spacial score (nSPS) is 20.1. The Labute approximate surface area is 161 Å². The molecule has 0 saturated heterocycles. The summed E-state index contributed by atoms with van der Waals surface area (Å²) in [5, 5.41) is 6.88. The molecule has 4 heteroatoms. The van der Waals surface area contributed by atoms with Gasteiger partial charge in [-0.25, -0.2) is 4.39 Å². The smallest absolute Gasteiger partial charge is 0.131 e. The van der Waals surface area contributed by atoms with Crippen LogP contribution < -0.4 is 10.6 Å². The second kappa shape index (κ2) is 7.71. The van der Waals surface area contributed by atoms with Crippen molar-refractivity contribution in [2.75, 3.05) is 0 Å². The lowest BCUT2D eigenvalue weighted by molar-refractivity contribution is 0.568. The van der Waals surface area contributed by atoms with Crippen LogP contribution in [0.5, 0.6) is 0 Å². The zero-order valence-corrected chi connectivity index (χ0v) is 16.1. The Bertz CT molecular complexity index is 841. The summed E-state index contributed by atoms with van der Waals surface area (Å²) in [6.45, 7) is 4.26. The maximum atomic E-state index is 14.9. The molecule has 2 aromatic rings. The van der Waals surface area contributed by atoms with E-state index in [9.17, 15) is 4.39 Å². The van der Waals surface area contributed by atoms with Crippen molar-refractivity contribution in [1.29, 1.82) is 0 Å². The number of hydrogen-bond donors (Lipinski definition) is 2. The number of halogens is 1. The van der Waals surface area contributed by atoms with Crippen LogP contribution in [0.1, 0.15) is 56.8 Å². The van der Waals surface area contributed by atoms with E-state index in [1.165, 1.54) is 18.5 Å². The summed E-state index contributed by atoms with van der Waals surface area (Å²) in [5.74, 6) is 0.605. The number of nitrogens with zero attached hydrogens (tertiary/aromatic N) is 1. The molecule has 142 valence electrons. The largest absolute Gasteiger partial charge is 0.386 e. The van der Waals surface area contributed by atoms with E-state index in [0.717, 1.165) is 42.0 Å². The van der Waals surface area contributed by atoms with Crippen molar-refractivity contribution in [3.8, 4) is 11.1 Å². The van der Waals surface area contributed by atoms with Crippen molar-refractivity contribution in [3.63, 3.8) is 0 Å². The second-order valence-corrected chi connectivity index (χ2v) is 7.93. The molecule has 2 heterocycles. The van der Waals surface area contributed by atoms with Crippen LogP contribution in [-0.2, 0) is 6.42 Å². The molecule has 0 spiro atoms. The molecule has 2 N–H and O–H groups in total. The van der Waals surface area contributed by atoms with Crippen molar-refractivity contribution in [3.05, 3.63) is 65.5 Å². The second-order valence-electron chi connectivity index (χ2n) is 7.93. The molecule has 27 heavy (non-hydrogen) atoms. The van der Waals surface area contributed by atoms with Gasteiger partial charge in [-0.05, 0) is 67.9 Å². The van der Waals surface area contributed by atoms with Crippen molar-refractivity contribution in [2.45, 2.75) is 58.0 Å². The molecule has 2 atom stereocenters. The third-order valence-electron chi connectivity index (χ3n) is 5.67. The summed E-state index contributed by atoms with van der Waals surface area (Å²) in [4.78, 5) is 4.45. The van der Waals surface area contributed by atoms with Gasteiger partial charge in [0.15, 0.2) is 0 Å². The maximum absolute atomic E-state index is 14.9. The monoisotopic (exact) mass is 365 g/mol. The van der Waals surface area contributed by atoms with Crippen LogP contribution in [0.2, 0.25) is 0 Å². The molecule has 1 aliphatic heterocycles. The molecule has 0 amide bonds. The van der Waals surface area contributed by atoms with Gasteiger partial charge in [0.05, 0.1) is 0 Å². The Morgan fingerprint density at radius 3 is 2.81 bits per heavy atom. The van der Waals surface area contributed by atoms with Gasteiger partial charge < -0.3 is 10.6 Å². The summed E-state index contributed by atoms with van der Waals surface area (Å²) in [6.07, 6.45) is 9.56. The van der Waals surface area contributed by atoms with Gasteiger partial charge in [0.1, 0.15) is 5.82 Å². The molecule has 1 aromatic carbocycles. The standard InChI is InChI=1S/C23H28FN3/c1-3-19-13-21(14-26-19)27-15(2)17-6-7-22(23(24)12-17)18-8-9-25-20(11-18)10-16-4-5-16/h6-9,11-12,14-16,19,26-27H,3-5,10,13H2,1-2H3. The van der Waals surface area contributed by atoms with Crippen LogP contribution in [0.15, 0.2) is 48.4 Å². The molecular weight excluding hydrogens is 337 g/mol. The molecule has 1 aliphatic carbocycles. The molecule has 4 rings (SSSR count). The van der Waals surface area contributed by atoms with Gasteiger partial charge in [-0.1, -0.05) is 19.1 Å². The minimum Gasteiger partial charge on any atom is -0.386 e. The molecule has 0 bridgehead atoms. The Kier molecular flexibility index (Phi) is 5.15. The first-order valence-corrected chi connectivity index (χ1v) is 10.1. The van der Waals surface area contributed by atoms with Crippen LogP contribution >= 0.6 is 0 Å². The summed E-state index contributed by atoms with van der Waals surface area (Å²) in [6, 6.07) is 10.1. The Balaban J connectivity index is 1.47. The highest BCUT2D eigenvalue weighted by atomic mass is 19.1. The first-order valence-electron chi connectivity index (χ1n) is 10.1. The van der Waals surface area contributed by atoms with E-state index in [1.807, 2.05) is 30.5 Å². The maximum Gasteiger partial charge on any atom is 0.131 e. The van der Waals surface area contributed by atoms with Crippen LogP contribution in [0, 0.1) is 11.7 Å². The number of hydrogen-bond acceptors (Lipinski definition) is 3. The van der Waals surface area contributed by atoms with Gasteiger partial charge in [-0.2, -0.15) is 0 Å². The van der Waals surface area contributed by atoms with Crippen molar-refractivity contribution >= 4 is 0 Å². The average Bonchev–Trinajstić information content (AvgIpc) is 3.37. The van der Waals surface area contributed by atoms with Crippen molar-refractivity contribution in [2.24, 2.45) is 5.92 Å². The number of aromatic nitrogens is 1. The predicted molar refractivity (Wildman–Crippen MR) is 108 cm³/mol. The van der Waals surface area contributed by atoms with E-state index in [2.05, 4.69) is 29.5 Å². The Hall–Kier alpha value is -2.36. The van der Waals surface area contributed by atoms with E-state index >= 15 is 0 Å². The fraction of sp³-hybridized carbons (Fsp3) is 0.435. The molecular formula is C23H28FN3. The van der Waals surface area contributed by atoms with Gasteiger partial charge in [0.2, 0.25) is 0 Å². The lowest BCUT2D eigenvalue weighted by atomic mass is 9.99. The van der Waals surface area contributed by atoms with Gasteiger partial charge >= 0.3 is 0 Å². The summed E-state index contributed by atoms with van der Waals surface area (Å²) in [5.41, 5.74) is 4.79. The van der Waals surface area contributed by atoms with Crippen molar-refractivity contribution < 1.29 is 4.39 Å². The average molecular weight is 365 g/mol. The summed E-state index contributed by atoms with van der Waals surface area (Å²) >= 11 is 0. The molecule has 2 unspecified atom stereocenters.